The highest BCUT2D eigenvalue weighted by Gasteiger charge is 2.32. The Labute approximate surface area is 165 Å². The zero-order valence-corrected chi connectivity index (χ0v) is 18.2. The number of unbranched alkanes of at least 4 members (excludes halogenated alkanes) is 1. The molecule has 1 atom stereocenters. The molecule has 1 aromatic carbocycles. The summed E-state index contributed by atoms with van der Waals surface area (Å²) in [6.45, 7) is 7.00. The maximum atomic E-state index is 13.0. The Morgan fingerprint density at radius 3 is 2.65 bits per heavy atom. The first-order chi connectivity index (χ1) is 12.3. The number of benzene rings is 1. The fourth-order valence-electron chi connectivity index (χ4n) is 3.36. The van der Waals surface area contributed by atoms with Gasteiger partial charge in [0.2, 0.25) is 15.9 Å². The van der Waals surface area contributed by atoms with Crippen molar-refractivity contribution in [3.63, 3.8) is 0 Å². The van der Waals surface area contributed by atoms with E-state index in [2.05, 4.69) is 34.5 Å². The molecular formula is C19H29BrN2O3S. The first-order valence-corrected chi connectivity index (χ1v) is 11.7. The Morgan fingerprint density at radius 1 is 1.31 bits per heavy atom. The van der Waals surface area contributed by atoms with Gasteiger partial charge < -0.3 is 4.90 Å². The molecule has 2 rings (SSSR count). The van der Waals surface area contributed by atoms with Gasteiger partial charge in [0.15, 0.2) is 0 Å². The molecule has 1 N–H and O–H groups in total. The third kappa shape index (κ3) is 4.87. The second-order valence-electron chi connectivity index (χ2n) is 6.83. The third-order valence-corrected chi connectivity index (χ3v) is 6.89. The van der Waals surface area contributed by atoms with Crippen LogP contribution in [0, 0.1) is 5.92 Å². The number of nitrogens with one attached hydrogen (secondary N) is 1. The van der Waals surface area contributed by atoms with E-state index < -0.39 is 10.0 Å². The highest BCUT2D eigenvalue weighted by atomic mass is 79.9. The summed E-state index contributed by atoms with van der Waals surface area (Å²) in [5, 5.41) is 0. The Morgan fingerprint density at radius 2 is 2.04 bits per heavy atom. The molecule has 0 aromatic heterocycles. The van der Waals surface area contributed by atoms with E-state index in [0.29, 0.717) is 37.5 Å². The van der Waals surface area contributed by atoms with Gasteiger partial charge in [-0.15, -0.1) is 0 Å². The molecule has 0 spiro atoms. The molecule has 0 radical (unpaired) electrons. The molecule has 1 heterocycles. The topological polar surface area (TPSA) is 66.5 Å². The molecule has 5 nitrogen and oxygen atoms in total. The zero-order valence-electron chi connectivity index (χ0n) is 15.8. The number of hydrogen-bond acceptors (Lipinski definition) is 3. The number of rotatable bonds is 9. The minimum absolute atomic E-state index is 0.0445. The van der Waals surface area contributed by atoms with E-state index in [4.69, 9.17) is 0 Å². The van der Waals surface area contributed by atoms with Gasteiger partial charge in [0.1, 0.15) is 4.90 Å². The van der Waals surface area contributed by atoms with Gasteiger partial charge in [-0.2, -0.15) is 0 Å². The predicted octanol–water partition coefficient (Wildman–Crippen LogP) is 4.24. The van der Waals surface area contributed by atoms with Crippen LogP contribution in [0.15, 0.2) is 21.5 Å². The van der Waals surface area contributed by atoms with Crippen molar-refractivity contribution in [1.82, 2.24) is 4.72 Å². The van der Waals surface area contributed by atoms with Crippen LogP contribution in [-0.4, -0.2) is 27.4 Å². The van der Waals surface area contributed by atoms with Crippen LogP contribution >= 0.6 is 15.9 Å². The normalized spacial score (nSPS) is 15.2. The largest absolute Gasteiger partial charge is 0.310 e. The molecule has 1 amide bonds. The number of fused-ring (bicyclic) bond motifs is 1. The number of sulfonamides is 1. The molecule has 0 aliphatic carbocycles. The minimum Gasteiger partial charge on any atom is -0.310 e. The summed E-state index contributed by atoms with van der Waals surface area (Å²) in [5.74, 6) is 0.287. The van der Waals surface area contributed by atoms with Crippen molar-refractivity contribution in [3.05, 3.63) is 22.2 Å². The van der Waals surface area contributed by atoms with Gasteiger partial charge >= 0.3 is 0 Å². The van der Waals surface area contributed by atoms with Gasteiger partial charge in [-0.3, -0.25) is 4.79 Å². The zero-order chi connectivity index (χ0) is 19.3. The van der Waals surface area contributed by atoms with Crippen molar-refractivity contribution in [3.8, 4) is 0 Å². The lowest BCUT2D eigenvalue weighted by Gasteiger charge is -2.21. The molecule has 0 saturated carbocycles. The summed E-state index contributed by atoms with van der Waals surface area (Å²) in [7, 11) is -3.69. The standard InChI is InChI=1S/C19H29BrN2O3S/c1-4-7-8-14(5-2)13-21-26(24,25)17-12-16(20)11-15-9-10-22(19(15)17)18(23)6-3/h11-12,14,21H,4-10,13H2,1-3H3/t14-/m0/s1. The van der Waals surface area contributed by atoms with Crippen molar-refractivity contribution in [2.24, 2.45) is 5.92 Å². The highest BCUT2D eigenvalue weighted by Crippen LogP contribution is 2.37. The second-order valence-corrected chi connectivity index (χ2v) is 9.48. The Kier molecular flexibility index (Phi) is 7.67. The van der Waals surface area contributed by atoms with Crippen LogP contribution in [0.2, 0.25) is 0 Å². The van der Waals surface area contributed by atoms with Crippen LogP contribution in [0.3, 0.4) is 0 Å². The van der Waals surface area contributed by atoms with Crippen molar-refractivity contribution < 1.29 is 13.2 Å². The van der Waals surface area contributed by atoms with Crippen molar-refractivity contribution >= 4 is 37.5 Å². The molecule has 0 unspecified atom stereocenters. The van der Waals surface area contributed by atoms with Gasteiger partial charge in [0, 0.05) is 24.0 Å². The van der Waals surface area contributed by atoms with Gasteiger partial charge in [0.25, 0.3) is 0 Å². The average Bonchev–Trinajstić information content (AvgIpc) is 3.04. The van der Waals surface area contributed by atoms with Crippen LogP contribution in [0.1, 0.15) is 58.4 Å². The van der Waals surface area contributed by atoms with E-state index in [1.807, 2.05) is 6.07 Å². The maximum Gasteiger partial charge on any atom is 0.242 e. The van der Waals surface area contributed by atoms with Gasteiger partial charge in [0.05, 0.1) is 5.69 Å². The summed E-state index contributed by atoms with van der Waals surface area (Å²) < 4.78 is 29.6. The van der Waals surface area contributed by atoms with Gasteiger partial charge in [-0.05, 0) is 36.5 Å². The number of carbonyl (C=O) groups excluding carboxylic acids is 1. The smallest absolute Gasteiger partial charge is 0.242 e. The molecule has 1 aromatic rings. The first kappa shape index (κ1) is 21.4. The summed E-state index contributed by atoms with van der Waals surface area (Å²) in [6.07, 6.45) is 5.21. The molecule has 0 fully saturated rings. The number of amides is 1. The Hall–Kier alpha value is -0.920. The summed E-state index contributed by atoms with van der Waals surface area (Å²) in [5.41, 5.74) is 1.45. The monoisotopic (exact) mass is 444 g/mol. The van der Waals surface area contributed by atoms with Gasteiger partial charge in [-0.25, -0.2) is 13.1 Å². The van der Waals surface area contributed by atoms with Crippen LogP contribution < -0.4 is 9.62 Å². The van der Waals surface area contributed by atoms with Crippen molar-refractivity contribution in [1.29, 1.82) is 0 Å². The number of halogens is 1. The lowest BCUT2D eigenvalue weighted by Crippen LogP contribution is -2.33. The molecule has 1 aliphatic rings. The van der Waals surface area contributed by atoms with E-state index in [9.17, 15) is 13.2 Å². The van der Waals surface area contributed by atoms with Crippen molar-refractivity contribution in [2.45, 2.75) is 64.2 Å². The average molecular weight is 445 g/mol. The summed E-state index contributed by atoms with van der Waals surface area (Å²) >= 11 is 3.41. The number of anilines is 1. The Balaban J connectivity index is 2.31. The van der Waals surface area contributed by atoms with Gasteiger partial charge in [-0.1, -0.05) is 56.0 Å². The second kappa shape index (κ2) is 9.33. The molecule has 0 bridgehead atoms. The fourth-order valence-corrected chi connectivity index (χ4v) is 5.41. The lowest BCUT2D eigenvalue weighted by atomic mass is 10.00. The Bertz CT molecular complexity index is 749. The SMILES string of the molecule is CCCC[C@H](CC)CNS(=O)(=O)c1cc(Br)cc2c1N(C(=O)CC)CC2. The molecule has 1 aliphatic heterocycles. The van der Waals surface area contributed by atoms with Crippen LogP contribution in [0.5, 0.6) is 0 Å². The van der Waals surface area contributed by atoms with Crippen molar-refractivity contribution in [2.75, 3.05) is 18.0 Å². The quantitative estimate of drug-likeness (QED) is 0.618. The molecule has 7 heteroatoms. The van der Waals surface area contributed by atoms with Crippen LogP contribution in [0.4, 0.5) is 5.69 Å². The third-order valence-electron chi connectivity index (χ3n) is 4.99. The van der Waals surface area contributed by atoms with Crippen LogP contribution in [0.25, 0.3) is 0 Å². The highest BCUT2D eigenvalue weighted by molar-refractivity contribution is 9.10. The first-order valence-electron chi connectivity index (χ1n) is 9.46. The van der Waals surface area contributed by atoms with E-state index in [1.165, 1.54) is 0 Å². The van der Waals surface area contributed by atoms with E-state index in [1.54, 1.807) is 17.9 Å². The molecule has 0 saturated heterocycles. The predicted molar refractivity (Wildman–Crippen MR) is 109 cm³/mol. The lowest BCUT2D eigenvalue weighted by molar-refractivity contribution is -0.118. The summed E-state index contributed by atoms with van der Waals surface area (Å²) in [6, 6.07) is 3.52. The number of nitrogens with zero attached hydrogens (tertiary/aromatic N) is 1. The summed E-state index contributed by atoms with van der Waals surface area (Å²) in [4.78, 5) is 14.1. The fraction of sp³-hybridized carbons (Fsp3) is 0.632. The van der Waals surface area contributed by atoms with E-state index in [0.717, 1.165) is 35.7 Å². The molecule has 26 heavy (non-hydrogen) atoms. The van der Waals surface area contributed by atoms with E-state index in [-0.39, 0.29) is 10.8 Å². The van der Waals surface area contributed by atoms with Crippen LogP contribution in [-0.2, 0) is 21.2 Å². The minimum atomic E-state index is -3.69. The maximum absolute atomic E-state index is 13.0. The molecular weight excluding hydrogens is 416 g/mol. The number of hydrogen-bond donors (Lipinski definition) is 1. The molecule has 146 valence electrons. The number of carbonyl (C=O) groups is 1. The van der Waals surface area contributed by atoms with E-state index >= 15 is 0 Å².